The molecule has 0 radical (unpaired) electrons. The maximum atomic E-state index is 11.4. The van der Waals surface area contributed by atoms with Crippen LogP contribution in [0.1, 0.15) is 11.3 Å². The first-order chi connectivity index (χ1) is 12.2. The number of ether oxygens (including phenoxy) is 1. The molecule has 0 aliphatic carbocycles. The van der Waals surface area contributed by atoms with Gasteiger partial charge in [0.15, 0.2) is 12.4 Å². The first kappa shape index (κ1) is 15.2. The van der Waals surface area contributed by atoms with Crippen LogP contribution in [0.5, 0.6) is 5.75 Å². The van der Waals surface area contributed by atoms with Crippen LogP contribution in [-0.2, 0) is 11.3 Å². The molecule has 0 saturated heterocycles. The number of rotatable bonds is 4. The van der Waals surface area contributed by atoms with Crippen LogP contribution in [0.15, 0.2) is 48.9 Å². The molecule has 3 heterocycles. The zero-order valence-electron chi connectivity index (χ0n) is 13.7. The molecule has 0 fully saturated rings. The first-order valence-corrected chi connectivity index (χ1v) is 7.96. The van der Waals surface area contributed by atoms with Gasteiger partial charge in [0, 0.05) is 30.7 Å². The highest BCUT2D eigenvalue weighted by molar-refractivity contribution is 5.97. The highest BCUT2D eigenvalue weighted by atomic mass is 16.5. The van der Waals surface area contributed by atoms with E-state index < -0.39 is 0 Å². The summed E-state index contributed by atoms with van der Waals surface area (Å²) in [5, 5.41) is 10.7. The molecule has 126 valence electrons. The van der Waals surface area contributed by atoms with E-state index in [4.69, 9.17) is 4.74 Å². The van der Waals surface area contributed by atoms with Crippen molar-refractivity contribution in [3.05, 3.63) is 60.2 Å². The van der Waals surface area contributed by atoms with Gasteiger partial charge in [-0.1, -0.05) is 6.07 Å². The largest absolute Gasteiger partial charge is 0.479 e. The Hall–Kier alpha value is -3.35. The molecule has 2 N–H and O–H groups in total. The third-order valence-electron chi connectivity index (χ3n) is 4.03. The number of nitrogens with zero attached hydrogens (tertiary/aromatic N) is 3. The van der Waals surface area contributed by atoms with Gasteiger partial charge in [0.25, 0.3) is 5.91 Å². The first-order valence-electron chi connectivity index (χ1n) is 7.96. The van der Waals surface area contributed by atoms with Crippen molar-refractivity contribution in [2.24, 2.45) is 0 Å². The van der Waals surface area contributed by atoms with E-state index in [1.807, 2.05) is 48.1 Å². The monoisotopic (exact) mass is 335 g/mol. The summed E-state index contributed by atoms with van der Waals surface area (Å²) in [6.45, 7) is 2.61. The maximum Gasteiger partial charge on any atom is 0.262 e. The van der Waals surface area contributed by atoms with Gasteiger partial charge in [-0.2, -0.15) is 5.10 Å². The molecule has 0 atom stereocenters. The molecular formula is C18H17N5O2. The second kappa shape index (κ2) is 6.27. The molecule has 7 nitrogen and oxygen atoms in total. The number of aromatic nitrogens is 3. The Bertz CT molecular complexity index is 920. The van der Waals surface area contributed by atoms with Gasteiger partial charge in [-0.25, -0.2) is 4.68 Å². The quantitative estimate of drug-likeness (QED) is 0.766. The van der Waals surface area contributed by atoms with Crippen LogP contribution < -0.4 is 15.4 Å². The van der Waals surface area contributed by atoms with Gasteiger partial charge in [0.05, 0.1) is 22.8 Å². The third-order valence-corrected chi connectivity index (χ3v) is 4.03. The van der Waals surface area contributed by atoms with Gasteiger partial charge in [-0.3, -0.25) is 9.78 Å². The number of hydrogen-bond acceptors (Lipinski definition) is 5. The lowest BCUT2D eigenvalue weighted by Crippen LogP contribution is -2.25. The highest BCUT2D eigenvalue weighted by Gasteiger charge is 2.19. The number of pyridine rings is 1. The van der Waals surface area contributed by atoms with Crippen LogP contribution in [0.4, 0.5) is 11.4 Å². The molecule has 2 aromatic heterocycles. The number of aryl methyl sites for hydroxylation is 1. The number of amides is 1. The molecule has 7 heteroatoms. The Morgan fingerprint density at radius 3 is 2.96 bits per heavy atom. The number of anilines is 2. The van der Waals surface area contributed by atoms with E-state index in [1.165, 1.54) is 0 Å². The van der Waals surface area contributed by atoms with Gasteiger partial charge < -0.3 is 15.4 Å². The highest BCUT2D eigenvalue weighted by Crippen LogP contribution is 2.35. The zero-order valence-corrected chi connectivity index (χ0v) is 13.7. The summed E-state index contributed by atoms with van der Waals surface area (Å²) in [4.78, 5) is 15.5. The minimum Gasteiger partial charge on any atom is -0.479 e. The van der Waals surface area contributed by atoms with Crippen molar-refractivity contribution >= 4 is 17.3 Å². The summed E-state index contributed by atoms with van der Waals surface area (Å²) in [5.41, 5.74) is 4.52. The van der Waals surface area contributed by atoms with Crippen molar-refractivity contribution in [2.45, 2.75) is 13.5 Å². The Morgan fingerprint density at radius 1 is 1.28 bits per heavy atom. The van der Waals surface area contributed by atoms with Crippen molar-refractivity contribution in [3.63, 3.8) is 0 Å². The molecule has 0 unspecified atom stereocenters. The number of fused-ring (bicyclic) bond motifs is 1. The average molecular weight is 335 g/mol. The van der Waals surface area contributed by atoms with Crippen LogP contribution in [0.2, 0.25) is 0 Å². The predicted molar refractivity (Wildman–Crippen MR) is 94.0 cm³/mol. The predicted octanol–water partition coefficient (Wildman–Crippen LogP) is 2.52. The SMILES string of the molecule is Cc1nn(-c2ccncc2)cc1CNc1cccc2c1OCC(=O)N2. The second-order valence-electron chi connectivity index (χ2n) is 5.76. The fourth-order valence-corrected chi connectivity index (χ4v) is 2.74. The zero-order chi connectivity index (χ0) is 17.2. The van der Waals surface area contributed by atoms with E-state index >= 15 is 0 Å². The Morgan fingerprint density at radius 2 is 2.12 bits per heavy atom. The van der Waals surface area contributed by atoms with Crippen molar-refractivity contribution in [3.8, 4) is 11.4 Å². The van der Waals surface area contributed by atoms with Crippen molar-refractivity contribution in [1.82, 2.24) is 14.8 Å². The summed E-state index contributed by atoms with van der Waals surface area (Å²) in [7, 11) is 0. The standard InChI is InChI=1S/C18H17N5O2/c1-12-13(10-23(22-12)14-5-7-19-8-6-14)9-20-15-3-2-4-16-18(15)25-11-17(24)21-16/h2-8,10,20H,9,11H2,1H3,(H,21,24). The number of para-hydroxylation sites is 1. The molecule has 25 heavy (non-hydrogen) atoms. The summed E-state index contributed by atoms with van der Waals surface area (Å²) in [5.74, 6) is 0.528. The van der Waals surface area contributed by atoms with Gasteiger partial charge in [0.1, 0.15) is 0 Å². The number of benzene rings is 1. The summed E-state index contributed by atoms with van der Waals surface area (Å²) in [6, 6.07) is 9.45. The molecule has 1 aromatic carbocycles. The summed E-state index contributed by atoms with van der Waals surface area (Å²) in [6.07, 6.45) is 5.48. The summed E-state index contributed by atoms with van der Waals surface area (Å²) < 4.78 is 7.40. The minimum atomic E-state index is -0.140. The average Bonchev–Trinajstić information content (AvgIpc) is 3.01. The molecule has 4 rings (SSSR count). The van der Waals surface area contributed by atoms with E-state index in [-0.39, 0.29) is 12.5 Å². The van der Waals surface area contributed by atoms with Crippen LogP contribution in [0, 0.1) is 6.92 Å². The van der Waals surface area contributed by atoms with Crippen molar-refractivity contribution in [2.75, 3.05) is 17.2 Å². The fourth-order valence-electron chi connectivity index (χ4n) is 2.74. The molecule has 0 spiro atoms. The smallest absolute Gasteiger partial charge is 0.262 e. The van der Waals surface area contributed by atoms with Crippen LogP contribution >= 0.6 is 0 Å². The topological polar surface area (TPSA) is 81.1 Å². The Kier molecular flexibility index (Phi) is 3.81. The summed E-state index contributed by atoms with van der Waals surface area (Å²) >= 11 is 0. The van der Waals surface area contributed by atoms with Crippen LogP contribution in [0.25, 0.3) is 5.69 Å². The van der Waals surface area contributed by atoms with Gasteiger partial charge in [0.2, 0.25) is 0 Å². The molecular weight excluding hydrogens is 318 g/mol. The molecule has 3 aromatic rings. The molecule has 1 amide bonds. The van der Waals surface area contributed by atoms with Gasteiger partial charge in [-0.05, 0) is 31.2 Å². The lowest BCUT2D eigenvalue weighted by Gasteiger charge is -2.21. The third kappa shape index (κ3) is 3.03. The van der Waals surface area contributed by atoms with E-state index in [2.05, 4.69) is 20.7 Å². The number of hydrogen-bond donors (Lipinski definition) is 2. The normalized spacial score (nSPS) is 12.9. The Labute approximate surface area is 144 Å². The van der Waals surface area contributed by atoms with Crippen LogP contribution in [0.3, 0.4) is 0 Å². The fraction of sp³-hybridized carbons (Fsp3) is 0.167. The van der Waals surface area contributed by atoms with Crippen molar-refractivity contribution < 1.29 is 9.53 Å². The van der Waals surface area contributed by atoms with E-state index in [9.17, 15) is 4.79 Å². The Balaban J connectivity index is 1.54. The minimum absolute atomic E-state index is 0.0324. The molecule has 0 saturated carbocycles. The second-order valence-corrected chi connectivity index (χ2v) is 5.76. The van der Waals surface area contributed by atoms with Gasteiger partial charge in [-0.15, -0.1) is 0 Å². The number of carbonyl (C=O) groups excluding carboxylic acids is 1. The number of nitrogens with one attached hydrogen (secondary N) is 2. The lowest BCUT2D eigenvalue weighted by atomic mass is 10.2. The van der Waals surface area contributed by atoms with E-state index in [0.29, 0.717) is 18.0 Å². The maximum absolute atomic E-state index is 11.4. The number of carbonyl (C=O) groups is 1. The molecule has 0 bridgehead atoms. The lowest BCUT2D eigenvalue weighted by molar-refractivity contribution is -0.118. The molecule has 1 aliphatic rings. The van der Waals surface area contributed by atoms with Gasteiger partial charge >= 0.3 is 0 Å². The molecule has 1 aliphatic heterocycles. The van der Waals surface area contributed by atoms with Crippen LogP contribution in [-0.4, -0.2) is 27.3 Å². The van der Waals surface area contributed by atoms with E-state index in [0.717, 1.165) is 22.6 Å². The van der Waals surface area contributed by atoms with Crippen molar-refractivity contribution in [1.29, 1.82) is 0 Å². The van der Waals surface area contributed by atoms with E-state index in [1.54, 1.807) is 12.4 Å².